The number of ether oxygens (including phenoxy) is 3. The number of hydrogen-bond acceptors (Lipinski definition) is 7. The quantitative estimate of drug-likeness (QED) is 0.209. The number of alkyl halides is 3. The number of nitrogens with one attached hydrogen (secondary N) is 1. The predicted octanol–water partition coefficient (Wildman–Crippen LogP) is 7.55. The first-order chi connectivity index (χ1) is 21.2. The fraction of sp³-hybridized carbons (Fsp3) is 0.344. The number of hydrogen-bond donors (Lipinski definition) is 1. The van der Waals surface area contributed by atoms with Crippen LogP contribution in [0, 0.1) is 0 Å². The number of carbonyl (C=O) groups excluding carboxylic acids is 2. The van der Waals surface area contributed by atoms with E-state index < -0.39 is 17.0 Å². The average molecular weight is 628 g/mol. The number of benzene rings is 3. The lowest BCUT2D eigenvalue weighted by molar-refractivity contribution is -0.137. The van der Waals surface area contributed by atoms with E-state index in [-0.39, 0.29) is 42.4 Å². The number of amides is 2. The number of rotatable bonds is 12. The molecule has 0 aliphatic carbocycles. The van der Waals surface area contributed by atoms with Gasteiger partial charge in [0.1, 0.15) is 11.0 Å². The second kappa shape index (κ2) is 14.1. The monoisotopic (exact) mass is 627 g/mol. The van der Waals surface area contributed by atoms with Gasteiger partial charge in [0.15, 0.2) is 16.7 Å². The summed E-state index contributed by atoms with van der Waals surface area (Å²) in [5.74, 6) is 1.06. The fourth-order valence-corrected chi connectivity index (χ4v) is 5.85. The minimum Gasteiger partial charge on any atom is -0.494 e. The van der Waals surface area contributed by atoms with E-state index in [1.807, 2.05) is 0 Å². The van der Waals surface area contributed by atoms with Gasteiger partial charge < -0.3 is 19.5 Å². The summed E-state index contributed by atoms with van der Waals surface area (Å²) in [5.41, 5.74) is 0.458. The van der Waals surface area contributed by atoms with Crippen LogP contribution in [-0.2, 0) is 22.3 Å². The third-order valence-electron chi connectivity index (χ3n) is 6.97. The summed E-state index contributed by atoms with van der Waals surface area (Å²) >= 11 is 1.04. The van der Waals surface area contributed by atoms with E-state index in [1.54, 1.807) is 42.5 Å². The molecule has 0 saturated carbocycles. The zero-order valence-corrected chi connectivity index (χ0v) is 24.9. The highest BCUT2D eigenvalue weighted by Gasteiger charge is 2.39. The van der Waals surface area contributed by atoms with Crippen molar-refractivity contribution < 1.29 is 37.0 Å². The molecule has 44 heavy (non-hydrogen) atoms. The van der Waals surface area contributed by atoms with Crippen LogP contribution in [0.4, 0.5) is 24.5 Å². The Morgan fingerprint density at radius 2 is 1.84 bits per heavy atom. The lowest BCUT2D eigenvalue weighted by Gasteiger charge is -2.17. The molecule has 232 valence electrons. The summed E-state index contributed by atoms with van der Waals surface area (Å²) in [6, 6.07) is 16.8. The van der Waals surface area contributed by atoms with Crippen molar-refractivity contribution in [3.05, 3.63) is 77.9 Å². The first-order valence-corrected chi connectivity index (χ1v) is 15.2. The summed E-state index contributed by atoms with van der Waals surface area (Å²) in [7, 11) is 0. The number of amidine groups is 1. The number of unbranched alkanes of at least 4 members (excludes halogenated alkanes) is 3. The van der Waals surface area contributed by atoms with E-state index in [1.165, 1.54) is 23.5 Å². The van der Waals surface area contributed by atoms with E-state index in [2.05, 4.69) is 17.2 Å². The van der Waals surface area contributed by atoms with Crippen molar-refractivity contribution in [1.29, 1.82) is 0 Å². The van der Waals surface area contributed by atoms with Crippen LogP contribution in [0.3, 0.4) is 0 Å². The Labute approximate surface area is 257 Å². The van der Waals surface area contributed by atoms with E-state index in [0.717, 1.165) is 43.2 Å². The van der Waals surface area contributed by atoms with Crippen molar-refractivity contribution in [2.45, 2.75) is 57.0 Å². The molecule has 0 radical (unpaired) electrons. The van der Waals surface area contributed by atoms with E-state index in [0.29, 0.717) is 35.1 Å². The highest BCUT2D eigenvalue weighted by atomic mass is 32.2. The van der Waals surface area contributed by atoms with E-state index >= 15 is 0 Å². The molecule has 2 aliphatic rings. The minimum atomic E-state index is -4.54. The molecule has 1 atom stereocenters. The molecule has 2 amide bonds. The Bertz CT molecular complexity index is 1510. The Balaban J connectivity index is 1.28. The maximum atomic E-state index is 13.6. The molecule has 2 aliphatic heterocycles. The van der Waals surface area contributed by atoms with Crippen LogP contribution in [0.15, 0.2) is 71.7 Å². The summed E-state index contributed by atoms with van der Waals surface area (Å²) < 4.78 is 56.5. The van der Waals surface area contributed by atoms with E-state index in [9.17, 15) is 22.8 Å². The van der Waals surface area contributed by atoms with Crippen molar-refractivity contribution in [3.63, 3.8) is 0 Å². The van der Waals surface area contributed by atoms with Crippen molar-refractivity contribution in [1.82, 2.24) is 4.90 Å². The molecule has 1 saturated heterocycles. The van der Waals surface area contributed by atoms with Crippen LogP contribution >= 0.6 is 11.8 Å². The summed E-state index contributed by atoms with van der Waals surface area (Å²) in [5, 5.41) is 2.19. The Kier molecular flexibility index (Phi) is 9.99. The molecular weight excluding hydrogens is 595 g/mol. The molecule has 8 nitrogen and oxygen atoms in total. The molecule has 2 heterocycles. The average Bonchev–Trinajstić information content (AvgIpc) is 3.57. The molecule has 3 aromatic carbocycles. The highest BCUT2D eigenvalue weighted by Crippen LogP contribution is 2.37. The van der Waals surface area contributed by atoms with Crippen LogP contribution < -0.4 is 19.5 Å². The van der Waals surface area contributed by atoms with Crippen LogP contribution in [0.2, 0.25) is 0 Å². The Morgan fingerprint density at radius 1 is 1.05 bits per heavy atom. The van der Waals surface area contributed by atoms with Gasteiger partial charge in [0, 0.05) is 12.1 Å². The van der Waals surface area contributed by atoms with Crippen molar-refractivity contribution in [2.24, 2.45) is 4.99 Å². The lowest BCUT2D eigenvalue weighted by atomic mass is 10.1. The maximum Gasteiger partial charge on any atom is 0.416 e. The minimum absolute atomic E-state index is 0.0450. The summed E-state index contributed by atoms with van der Waals surface area (Å²) in [6.07, 6.45) is -0.279. The van der Waals surface area contributed by atoms with Gasteiger partial charge in [-0.1, -0.05) is 50.1 Å². The molecule has 3 aromatic rings. The molecule has 5 rings (SSSR count). The summed E-state index contributed by atoms with van der Waals surface area (Å²) in [4.78, 5) is 32.3. The van der Waals surface area contributed by atoms with Crippen molar-refractivity contribution >= 4 is 40.1 Å². The third-order valence-corrected chi connectivity index (χ3v) is 8.15. The van der Waals surface area contributed by atoms with Gasteiger partial charge in [0.2, 0.25) is 18.6 Å². The van der Waals surface area contributed by atoms with Gasteiger partial charge in [-0.25, -0.2) is 4.99 Å². The van der Waals surface area contributed by atoms with Crippen LogP contribution in [0.25, 0.3) is 0 Å². The Hall–Kier alpha value is -4.19. The Morgan fingerprint density at radius 3 is 2.61 bits per heavy atom. The van der Waals surface area contributed by atoms with Gasteiger partial charge >= 0.3 is 6.18 Å². The molecule has 0 aromatic heterocycles. The lowest BCUT2D eigenvalue weighted by Crippen LogP contribution is -2.33. The number of fused-ring (bicyclic) bond motifs is 1. The van der Waals surface area contributed by atoms with Crippen LogP contribution in [-0.4, -0.2) is 40.5 Å². The number of aliphatic imine (C=N–C) groups is 1. The number of halogens is 3. The first kappa shape index (κ1) is 31.2. The van der Waals surface area contributed by atoms with Crippen LogP contribution in [0.5, 0.6) is 17.2 Å². The molecule has 12 heteroatoms. The molecule has 1 N–H and O–H groups in total. The largest absolute Gasteiger partial charge is 0.494 e. The topological polar surface area (TPSA) is 89.5 Å². The second-order valence-corrected chi connectivity index (χ2v) is 11.5. The van der Waals surface area contributed by atoms with Crippen LogP contribution in [0.1, 0.15) is 50.2 Å². The molecule has 0 bridgehead atoms. The number of carbonyl (C=O) groups is 2. The smallest absolute Gasteiger partial charge is 0.416 e. The van der Waals surface area contributed by atoms with Crippen molar-refractivity contribution in [3.8, 4) is 17.2 Å². The SMILES string of the molecule is CCCCCCOc1ccc(NC(=O)CC2SC(=Nc3cccc(C(F)(F)F)c3)N(Cc3ccc4c(c3)OCO4)C2=O)cc1. The number of thioether (sulfide) groups is 1. The molecule has 1 unspecified atom stereocenters. The van der Waals surface area contributed by atoms with Gasteiger partial charge in [-0.05, 0) is 66.6 Å². The second-order valence-electron chi connectivity index (χ2n) is 10.3. The maximum absolute atomic E-state index is 13.6. The standard InChI is InChI=1S/C32H32F3N3O5S/c1-2-3-4-5-15-41-25-12-10-23(11-13-25)36-29(39)18-28-30(40)38(19-21-9-14-26-27(16-21)43-20-42-26)31(44-28)37-24-8-6-7-22(17-24)32(33,34)35/h6-14,16-17,28H,2-5,15,18-20H2,1H3,(H,36,39). The van der Waals surface area contributed by atoms with Gasteiger partial charge in [-0.2, -0.15) is 13.2 Å². The zero-order valence-electron chi connectivity index (χ0n) is 24.1. The first-order valence-electron chi connectivity index (χ1n) is 14.3. The van der Waals surface area contributed by atoms with Crippen molar-refractivity contribution in [2.75, 3.05) is 18.7 Å². The normalized spacial score (nSPS) is 16.9. The fourth-order valence-electron chi connectivity index (χ4n) is 4.69. The molecular formula is C32H32F3N3O5S. The predicted molar refractivity (Wildman–Crippen MR) is 162 cm³/mol. The highest BCUT2D eigenvalue weighted by molar-refractivity contribution is 8.15. The van der Waals surface area contributed by atoms with E-state index in [4.69, 9.17) is 14.2 Å². The van der Waals surface area contributed by atoms with Gasteiger partial charge in [-0.15, -0.1) is 0 Å². The third kappa shape index (κ3) is 8.04. The number of anilines is 1. The summed E-state index contributed by atoms with van der Waals surface area (Å²) in [6.45, 7) is 2.95. The molecule has 1 fully saturated rings. The van der Waals surface area contributed by atoms with Gasteiger partial charge in [-0.3, -0.25) is 14.5 Å². The number of nitrogens with zero attached hydrogens (tertiary/aromatic N) is 2. The zero-order chi connectivity index (χ0) is 31.1. The molecule has 0 spiro atoms. The van der Waals surface area contributed by atoms with Gasteiger partial charge in [0.25, 0.3) is 0 Å². The van der Waals surface area contributed by atoms with Gasteiger partial charge in [0.05, 0.1) is 24.4 Å².